The zero-order chi connectivity index (χ0) is 14.0. The number of nitrogen functional groups attached to an aromatic ring is 1. The van der Waals surface area contributed by atoms with Gasteiger partial charge in [-0.3, -0.25) is 9.78 Å². The number of rotatable bonds is 2. The number of carbonyl (C=O) groups excluding carboxylic acids is 1. The highest BCUT2D eigenvalue weighted by atomic mass is 16.3. The number of benzene rings is 1. The normalized spacial score (nSPS) is 10.2. The third-order valence-electron chi connectivity index (χ3n) is 3.03. The van der Waals surface area contributed by atoms with Crippen LogP contribution < -0.4 is 10.6 Å². The molecule has 0 radical (unpaired) electrons. The van der Waals surface area contributed by atoms with Crippen molar-refractivity contribution in [3.8, 4) is 5.75 Å². The Balaban J connectivity index is 2.40. The SMILES string of the molecule is Cc1c(O)cccc1C(=O)N(C)c1ccncc1N. The van der Waals surface area contributed by atoms with Crippen molar-refractivity contribution in [3.63, 3.8) is 0 Å². The minimum atomic E-state index is -0.230. The summed E-state index contributed by atoms with van der Waals surface area (Å²) in [5.74, 6) is -0.131. The fourth-order valence-electron chi connectivity index (χ4n) is 1.85. The molecule has 0 fully saturated rings. The Morgan fingerprint density at radius 2 is 2.11 bits per heavy atom. The van der Waals surface area contributed by atoms with Gasteiger partial charge in [0.2, 0.25) is 0 Å². The average Bonchev–Trinajstić information content (AvgIpc) is 2.41. The maximum Gasteiger partial charge on any atom is 0.258 e. The van der Waals surface area contributed by atoms with Gasteiger partial charge in [0.1, 0.15) is 5.75 Å². The summed E-state index contributed by atoms with van der Waals surface area (Å²) in [7, 11) is 1.64. The second-order valence-electron chi connectivity index (χ2n) is 4.25. The highest BCUT2D eigenvalue weighted by Gasteiger charge is 2.18. The standard InChI is InChI=1S/C14H15N3O2/c1-9-10(4-3-5-13(9)18)14(19)17(2)12-6-7-16-8-11(12)15/h3-8,18H,15H2,1-2H3. The fraction of sp³-hybridized carbons (Fsp3) is 0.143. The molecule has 0 aliphatic carbocycles. The molecule has 3 N–H and O–H groups in total. The first-order chi connectivity index (χ1) is 9.02. The number of nitrogens with two attached hydrogens (primary N) is 1. The lowest BCUT2D eigenvalue weighted by Gasteiger charge is -2.20. The van der Waals surface area contributed by atoms with Crippen molar-refractivity contribution in [3.05, 3.63) is 47.8 Å². The highest BCUT2D eigenvalue weighted by Crippen LogP contribution is 2.25. The van der Waals surface area contributed by atoms with Gasteiger partial charge in [-0.15, -0.1) is 0 Å². The van der Waals surface area contributed by atoms with Gasteiger partial charge in [-0.25, -0.2) is 0 Å². The number of carbonyl (C=O) groups is 1. The number of pyridine rings is 1. The number of hydrogen-bond donors (Lipinski definition) is 2. The molecule has 0 bridgehead atoms. The number of aromatic nitrogens is 1. The van der Waals surface area contributed by atoms with Crippen molar-refractivity contribution in [2.75, 3.05) is 17.7 Å². The molecule has 0 aliphatic heterocycles. The Labute approximate surface area is 111 Å². The van der Waals surface area contributed by atoms with Gasteiger partial charge in [-0.1, -0.05) is 6.07 Å². The van der Waals surface area contributed by atoms with Gasteiger partial charge in [-0.2, -0.15) is 0 Å². The Morgan fingerprint density at radius 3 is 2.79 bits per heavy atom. The largest absolute Gasteiger partial charge is 0.508 e. The molecule has 98 valence electrons. The maximum atomic E-state index is 12.4. The summed E-state index contributed by atoms with van der Waals surface area (Å²) in [5, 5.41) is 9.65. The van der Waals surface area contributed by atoms with E-state index in [1.54, 1.807) is 44.4 Å². The van der Waals surface area contributed by atoms with Crippen LogP contribution in [0, 0.1) is 6.92 Å². The van der Waals surface area contributed by atoms with Crippen LogP contribution in [-0.4, -0.2) is 23.0 Å². The second kappa shape index (κ2) is 4.97. The molecule has 0 saturated heterocycles. The van der Waals surface area contributed by atoms with E-state index in [9.17, 15) is 9.90 Å². The molecular formula is C14H15N3O2. The van der Waals surface area contributed by atoms with E-state index in [1.165, 1.54) is 11.1 Å². The lowest BCUT2D eigenvalue weighted by molar-refractivity contribution is 0.0992. The molecule has 19 heavy (non-hydrogen) atoms. The van der Waals surface area contributed by atoms with Crippen LogP contribution in [0.1, 0.15) is 15.9 Å². The summed E-state index contributed by atoms with van der Waals surface area (Å²) in [6, 6.07) is 6.53. The van der Waals surface area contributed by atoms with Crippen molar-refractivity contribution in [2.45, 2.75) is 6.92 Å². The molecule has 1 heterocycles. The molecule has 5 nitrogen and oxygen atoms in total. The molecule has 0 saturated carbocycles. The van der Waals surface area contributed by atoms with Gasteiger partial charge in [0, 0.05) is 24.4 Å². The van der Waals surface area contributed by atoms with E-state index < -0.39 is 0 Å². The van der Waals surface area contributed by atoms with Gasteiger partial charge in [0.25, 0.3) is 5.91 Å². The van der Waals surface area contributed by atoms with Crippen molar-refractivity contribution in [1.29, 1.82) is 0 Å². The van der Waals surface area contributed by atoms with E-state index in [4.69, 9.17) is 5.73 Å². The molecule has 2 aromatic rings. The summed E-state index contributed by atoms with van der Waals surface area (Å²) in [6.45, 7) is 1.70. The number of aromatic hydroxyl groups is 1. The molecule has 0 aliphatic rings. The molecule has 1 amide bonds. The first-order valence-corrected chi connectivity index (χ1v) is 5.78. The molecule has 1 aromatic heterocycles. The van der Waals surface area contributed by atoms with Gasteiger partial charge < -0.3 is 15.7 Å². The van der Waals surface area contributed by atoms with Crippen molar-refractivity contribution in [1.82, 2.24) is 4.98 Å². The number of nitrogens with zero attached hydrogens (tertiary/aromatic N) is 2. The predicted octanol–water partition coefficient (Wildman–Crippen LogP) is 1.95. The molecule has 1 aromatic carbocycles. The second-order valence-corrected chi connectivity index (χ2v) is 4.25. The van der Waals surface area contributed by atoms with E-state index in [-0.39, 0.29) is 11.7 Å². The van der Waals surface area contributed by atoms with E-state index in [2.05, 4.69) is 4.98 Å². The Bertz CT molecular complexity index is 626. The lowest BCUT2D eigenvalue weighted by Crippen LogP contribution is -2.27. The van der Waals surface area contributed by atoms with E-state index >= 15 is 0 Å². The quantitative estimate of drug-likeness (QED) is 0.861. The van der Waals surface area contributed by atoms with Crippen molar-refractivity contribution < 1.29 is 9.90 Å². The first-order valence-electron chi connectivity index (χ1n) is 5.78. The van der Waals surface area contributed by atoms with Crippen LogP contribution >= 0.6 is 0 Å². The number of phenolic OH excluding ortho intramolecular Hbond substituents is 1. The Morgan fingerprint density at radius 1 is 1.37 bits per heavy atom. The van der Waals surface area contributed by atoms with Gasteiger partial charge in [0.05, 0.1) is 17.6 Å². The summed E-state index contributed by atoms with van der Waals surface area (Å²) < 4.78 is 0. The third-order valence-corrected chi connectivity index (χ3v) is 3.03. The molecule has 5 heteroatoms. The molecular weight excluding hydrogens is 242 g/mol. The summed E-state index contributed by atoms with van der Waals surface area (Å²) in [4.78, 5) is 17.7. The topological polar surface area (TPSA) is 79.5 Å². The monoisotopic (exact) mass is 257 g/mol. The smallest absolute Gasteiger partial charge is 0.258 e. The minimum absolute atomic E-state index is 0.0990. The van der Waals surface area contributed by atoms with E-state index in [0.717, 1.165) is 0 Å². The zero-order valence-electron chi connectivity index (χ0n) is 10.8. The number of amides is 1. The predicted molar refractivity (Wildman–Crippen MR) is 74.2 cm³/mol. The highest BCUT2D eigenvalue weighted by molar-refractivity contribution is 6.08. The number of anilines is 2. The van der Waals surface area contributed by atoms with Crippen LogP contribution in [0.3, 0.4) is 0 Å². The van der Waals surface area contributed by atoms with Crippen LogP contribution in [0.15, 0.2) is 36.7 Å². The van der Waals surface area contributed by atoms with E-state index in [0.29, 0.717) is 22.5 Å². The molecule has 0 atom stereocenters. The van der Waals surface area contributed by atoms with Crippen molar-refractivity contribution >= 4 is 17.3 Å². The average molecular weight is 257 g/mol. The molecule has 0 unspecified atom stereocenters. The van der Waals surface area contributed by atoms with Crippen LogP contribution in [-0.2, 0) is 0 Å². The van der Waals surface area contributed by atoms with E-state index in [1.807, 2.05) is 0 Å². The molecule has 0 spiro atoms. The zero-order valence-corrected chi connectivity index (χ0v) is 10.8. The maximum absolute atomic E-state index is 12.4. The van der Waals surface area contributed by atoms with Crippen LogP contribution in [0.25, 0.3) is 0 Å². The van der Waals surface area contributed by atoms with Crippen LogP contribution in [0.2, 0.25) is 0 Å². The summed E-state index contributed by atoms with van der Waals surface area (Å²) >= 11 is 0. The first kappa shape index (κ1) is 12.9. The van der Waals surface area contributed by atoms with Crippen LogP contribution in [0.4, 0.5) is 11.4 Å². The lowest BCUT2D eigenvalue weighted by atomic mass is 10.1. The Hall–Kier alpha value is -2.56. The third kappa shape index (κ3) is 2.35. The van der Waals surface area contributed by atoms with Gasteiger partial charge >= 0.3 is 0 Å². The fourth-order valence-corrected chi connectivity index (χ4v) is 1.85. The summed E-state index contributed by atoms with van der Waals surface area (Å²) in [6.07, 6.45) is 3.07. The van der Waals surface area contributed by atoms with Gasteiger partial charge in [0.15, 0.2) is 0 Å². The van der Waals surface area contributed by atoms with Crippen LogP contribution in [0.5, 0.6) is 5.75 Å². The summed E-state index contributed by atoms with van der Waals surface area (Å²) in [5.41, 5.74) is 7.80. The number of hydrogen-bond acceptors (Lipinski definition) is 4. The molecule has 2 rings (SSSR count). The van der Waals surface area contributed by atoms with Crippen molar-refractivity contribution in [2.24, 2.45) is 0 Å². The van der Waals surface area contributed by atoms with Gasteiger partial charge in [-0.05, 0) is 25.1 Å². The minimum Gasteiger partial charge on any atom is -0.508 e. The number of phenols is 1. The Kier molecular flexibility index (Phi) is 3.37.